The van der Waals surface area contributed by atoms with Crippen LogP contribution in [0.3, 0.4) is 0 Å². The molecule has 0 amide bonds. The third-order valence-electron chi connectivity index (χ3n) is 3.00. The Morgan fingerprint density at radius 2 is 2.20 bits per heavy atom. The minimum Gasteiger partial charge on any atom is -0.478 e. The molecule has 2 aromatic rings. The van der Waals surface area contributed by atoms with Crippen LogP contribution in [0.25, 0.3) is 0 Å². The number of carboxylic acids is 1. The molecule has 6 nitrogen and oxygen atoms in total. The van der Waals surface area contributed by atoms with Crippen LogP contribution >= 0.6 is 0 Å². The molecule has 2 aromatic heterocycles. The first-order valence-corrected chi connectivity index (χ1v) is 6.41. The van der Waals surface area contributed by atoms with Gasteiger partial charge in [-0.25, -0.2) is 9.78 Å². The summed E-state index contributed by atoms with van der Waals surface area (Å²) in [7, 11) is 1.87. The summed E-state index contributed by atoms with van der Waals surface area (Å²) in [6.07, 6.45) is 2.60. The molecule has 0 atom stereocenters. The molecule has 0 aliphatic heterocycles. The van der Waals surface area contributed by atoms with Gasteiger partial charge >= 0.3 is 5.97 Å². The van der Waals surface area contributed by atoms with E-state index in [9.17, 15) is 9.90 Å². The van der Waals surface area contributed by atoms with Crippen LogP contribution in [0.5, 0.6) is 0 Å². The average molecular weight is 274 g/mol. The molecule has 106 valence electrons. The smallest absolute Gasteiger partial charge is 0.339 e. The van der Waals surface area contributed by atoms with Gasteiger partial charge in [-0.15, -0.1) is 0 Å². The number of aromatic nitrogens is 3. The highest BCUT2D eigenvalue weighted by Gasteiger charge is 2.15. The van der Waals surface area contributed by atoms with Crippen LogP contribution in [-0.4, -0.2) is 32.4 Å². The van der Waals surface area contributed by atoms with Gasteiger partial charge < -0.3 is 10.4 Å². The number of anilines is 1. The second kappa shape index (κ2) is 5.73. The first-order valence-electron chi connectivity index (χ1n) is 6.41. The molecule has 0 aliphatic carbocycles. The lowest BCUT2D eigenvalue weighted by Gasteiger charge is -2.11. The molecule has 0 radical (unpaired) electrons. The SMILES string of the molecule is Cc1cc(C)c(C(=O)O)c(NCCc2ccn(C)n2)n1. The Kier molecular flexibility index (Phi) is 4.02. The minimum atomic E-state index is -0.963. The highest BCUT2D eigenvalue weighted by molar-refractivity contribution is 5.94. The van der Waals surface area contributed by atoms with E-state index in [0.29, 0.717) is 24.3 Å². The normalized spacial score (nSPS) is 10.6. The number of rotatable bonds is 5. The lowest BCUT2D eigenvalue weighted by molar-refractivity contribution is 0.0697. The maximum absolute atomic E-state index is 11.3. The standard InChI is InChI=1S/C14H18N4O2/c1-9-8-10(2)16-13(12(9)14(19)20)15-6-4-11-5-7-18(3)17-11/h5,7-8H,4,6H2,1-3H3,(H,15,16)(H,19,20). The van der Waals surface area contributed by atoms with Gasteiger partial charge in [0.2, 0.25) is 0 Å². The molecule has 2 heterocycles. The van der Waals surface area contributed by atoms with E-state index in [-0.39, 0.29) is 5.56 Å². The summed E-state index contributed by atoms with van der Waals surface area (Å²) in [6, 6.07) is 3.71. The zero-order valence-corrected chi connectivity index (χ0v) is 11.8. The summed E-state index contributed by atoms with van der Waals surface area (Å²) in [5.41, 5.74) is 2.70. The summed E-state index contributed by atoms with van der Waals surface area (Å²) in [5, 5.41) is 16.6. The molecule has 6 heteroatoms. The first-order chi connectivity index (χ1) is 9.47. The molecule has 0 spiro atoms. The zero-order valence-electron chi connectivity index (χ0n) is 11.8. The number of carboxylic acid groups (broad SMARTS) is 1. The largest absolute Gasteiger partial charge is 0.478 e. The van der Waals surface area contributed by atoms with Crippen LogP contribution in [0.2, 0.25) is 0 Å². The number of aryl methyl sites for hydroxylation is 3. The molecule has 0 saturated heterocycles. The maximum atomic E-state index is 11.3. The van der Waals surface area contributed by atoms with E-state index >= 15 is 0 Å². The number of carbonyl (C=O) groups is 1. The van der Waals surface area contributed by atoms with E-state index in [0.717, 1.165) is 11.4 Å². The van der Waals surface area contributed by atoms with Crippen molar-refractivity contribution in [1.29, 1.82) is 0 Å². The van der Waals surface area contributed by atoms with Crippen molar-refractivity contribution >= 4 is 11.8 Å². The van der Waals surface area contributed by atoms with Gasteiger partial charge in [0.1, 0.15) is 11.4 Å². The van der Waals surface area contributed by atoms with Gasteiger partial charge in [0.25, 0.3) is 0 Å². The van der Waals surface area contributed by atoms with Crippen molar-refractivity contribution in [3.8, 4) is 0 Å². The molecule has 0 unspecified atom stereocenters. The molecular formula is C14H18N4O2. The zero-order chi connectivity index (χ0) is 14.7. The van der Waals surface area contributed by atoms with Crippen molar-refractivity contribution < 1.29 is 9.90 Å². The van der Waals surface area contributed by atoms with E-state index in [1.54, 1.807) is 17.7 Å². The van der Waals surface area contributed by atoms with E-state index in [1.165, 1.54) is 0 Å². The fourth-order valence-electron chi connectivity index (χ4n) is 2.14. The predicted octanol–water partition coefficient (Wildman–Crippen LogP) is 1.78. The molecule has 2 rings (SSSR count). The highest BCUT2D eigenvalue weighted by atomic mass is 16.4. The quantitative estimate of drug-likeness (QED) is 0.868. The summed E-state index contributed by atoms with van der Waals surface area (Å²) in [4.78, 5) is 15.6. The third kappa shape index (κ3) is 3.14. The number of aromatic carboxylic acids is 1. The van der Waals surface area contributed by atoms with Crippen LogP contribution in [0.1, 0.15) is 27.3 Å². The second-order valence-corrected chi connectivity index (χ2v) is 4.77. The van der Waals surface area contributed by atoms with Gasteiger partial charge in [-0.05, 0) is 31.5 Å². The van der Waals surface area contributed by atoms with Crippen molar-refractivity contribution in [1.82, 2.24) is 14.8 Å². The van der Waals surface area contributed by atoms with Crippen molar-refractivity contribution in [2.24, 2.45) is 7.05 Å². The Morgan fingerprint density at radius 1 is 1.45 bits per heavy atom. The van der Waals surface area contributed by atoms with Crippen molar-refractivity contribution in [2.75, 3.05) is 11.9 Å². The van der Waals surface area contributed by atoms with Crippen molar-refractivity contribution in [2.45, 2.75) is 20.3 Å². The highest BCUT2D eigenvalue weighted by Crippen LogP contribution is 2.18. The summed E-state index contributed by atoms with van der Waals surface area (Å²) >= 11 is 0. The number of nitrogens with one attached hydrogen (secondary N) is 1. The van der Waals surface area contributed by atoms with Crippen LogP contribution in [0, 0.1) is 13.8 Å². The topological polar surface area (TPSA) is 80.0 Å². The minimum absolute atomic E-state index is 0.233. The first kappa shape index (κ1) is 14.0. The molecule has 0 saturated carbocycles. The van der Waals surface area contributed by atoms with E-state index < -0.39 is 5.97 Å². The predicted molar refractivity (Wildman–Crippen MR) is 76.1 cm³/mol. The van der Waals surface area contributed by atoms with Gasteiger partial charge in [-0.2, -0.15) is 5.10 Å². The van der Waals surface area contributed by atoms with Gasteiger partial charge in [0.15, 0.2) is 0 Å². The van der Waals surface area contributed by atoms with E-state index in [2.05, 4.69) is 15.4 Å². The number of pyridine rings is 1. The molecule has 2 N–H and O–H groups in total. The monoisotopic (exact) mass is 274 g/mol. The van der Waals surface area contributed by atoms with Gasteiger partial charge in [-0.1, -0.05) is 0 Å². The molecule has 0 bridgehead atoms. The Bertz CT molecular complexity index is 634. The van der Waals surface area contributed by atoms with Crippen LogP contribution < -0.4 is 5.32 Å². The Labute approximate surface area is 117 Å². The molecule has 0 aromatic carbocycles. The van der Waals surface area contributed by atoms with Crippen LogP contribution in [-0.2, 0) is 13.5 Å². The number of nitrogens with zero attached hydrogens (tertiary/aromatic N) is 3. The fraction of sp³-hybridized carbons (Fsp3) is 0.357. The number of hydrogen-bond donors (Lipinski definition) is 2. The van der Waals surface area contributed by atoms with Gasteiger partial charge in [-0.3, -0.25) is 4.68 Å². The van der Waals surface area contributed by atoms with Crippen molar-refractivity contribution in [3.63, 3.8) is 0 Å². The van der Waals surface area contributed by atoms with E-state index in [4.69, 9.17) is 0 Å². The van der Waals surface area contributed by atoms with E-state index in [1.807, 2.05) is 26.2 Å². The Balaban J connectivity index is 2.10. The summed E-state index contributed by atoms with van der Waals surface area (Å²) in [6.45, 7) is 4.22. The lowest BCUT2D eigenvalue weighted by atomic mass is 10.1. The van der Waals surface area contributed by atoms with Crippen molar-refractivity contribution in [3.05, 3.63) is 40.8 Å². The summed E-state index contributed by atoms with van der Waals surface area (Å²) in [5.74, 6) is -0.540. The Morgan fingerprint density at radius 3 is 2.80 bits per heavy atom. The summed E-state index contributed by atoms with van der Waals surface area (Å²) < 4.78 is 1.74. The second-order valence-electron chi connectivity index (χ2n) is 4.77. The maximum Gasteiger partial charge on any atom is 0.339 e. The van der Waals surface area contributed by atoms with Gasteiger partial charge in [0.05, 0.1) is 5.69 Å². The third-order valence-corrected chi connectivity index (χ3v) is 3.00. The van der Waals surface area contributed by atoms with Gasteiger partial charge in [0, 0.05) is 31.9 Å². The number of hydrogen-bond acceptors (Lipinski definition) is 4. The lowest BCUT2D eigenvalue weighted by Crippen LogP contribution is -2.13. The molecule has 0 aliphatic rings. The molecule has 20 heavy (non-hydrogen) atoms. The molecule has 0 fully saturated rings. The molecular weight excluding hydrogens is 256 g/mol. The fourth-order valence-corrected chi connectivity index (χ4v) is 2.14. The average Bonchev–Trinajstić information content (AvgIpc) is 2.73. The van der Waals surface area contributed by atoms with Crippen LogP contribution in [0.4, 0.5) is 5.82 Å². The van der Waals surface area contributed by atoms with Crippen LogP contribution in [0.15, 0.2) is 18.3 Å². The Hall–Kier alpha value is -2.37.